The highest BCUT2D eigenvalue weighted by Crippen LogP contribution is 2.39. The zero-order chi connectivity index (χ0) is 27.0. The standard InChI is InChI=1S/C24H16F4N4O5/c1-10-16(25)18(27)21(19(28)17(10)26)32-23(34)20(11(2)31-32)30-29-15-8-4-7-14(22(15)33)12-5-3-6-13(9-12)37-24(35)36/h3-9,31,33H,1-2H3,(H,35,36). The number of benzene rings is 3. The van der Waals surface area contributed by atoms with Gasteiger partial charge in [-0.15, -0.1) is 10.2 Å². The molecular formula is C24H16F4N4O5. The SMILES string of the molecule is Cc1[nH]n(-c2c(F)c(F)c(C)c(F)c2F)c(=O)c1N=Nc1cccc(-c2cccc(OC(=O)O)c2)c1O. The molecule has 0 atom stereocenters. The number of carboxylic acid groups (broad SMARTS) is 1. The van der Waals surface area contributed by atoms with Gasteiger partial charge in [-0.05, 0) is 37.6 Å². The molecule has 190 valence electrons. The lowest BCUT2D eigenvalue weighted by molar-refractivity contribution is 0.144. The number of nitrogens with zero attached hydrogens (tertiary/aromatic N) is 3. The lowest BCUT2D eigenvalue weighted by atomic mass is 10.0. The third kappa shape index (κ3) is 4.53. The number of ether oxygens (including phenoxy) is 1. The second kappa shape index (κ2) is 9.60. The van der Waals surface area contributed by atoms with Crippen LogP contribution in [0, 0.1) is 37.1 Å². The molecule has 0 fully saturated rings. The summed E-state index contributed by atoms with van der Waals surface area (Å²) < 4.78 is 61.8. The number of H-pyrrole nitrogens is 1. The van der Waals surface area contributed by atoms with Gasteiger partial charge in [0.05, 0.1) is 5.69 Å². The van der Waals surface area contributed by atoms with Crippen LogP contribution in [0.3, 0.4) is 0 Å². The first kappa shape index (κ1) is 25.2. The Morgan fingerprint density at radius 1 is 0.973 bits per heavy atom. The molecule has 0 saturated carbocycles. The van der Waals surface area contributed by atoms with E-state index in [1.165, 1.54) is 43.3 Å². The number of halogens is 4. The van der Waals surface area contributed by atoms with Gasteiger partial charge in [-0.1, -0.05) is 24.3 Å². The van der Waals surface area contributed by atoms with Crippen LogP contribution in [0.4, 0.5) is 33.7 Å². The summed E-state index contributed by atoms with van der Waals surface area (Å²) in [6, 6.07) is 10.2. The Morgan fingerprint density at radius 3 is 2.27 bits per heavy atom. The van der Waals surface area contributed by atoms with Crippen molar-refractivity contribution in [2.24, 2.45) is 10.2 Å². The summed E-state index contributed by atoms with van der Waals surface area (Å²) in [5, 5.41) is 29.4. The Bertz CT molecular complexity index is 1620. The molecule has 0 aliphatic rings. The highest BCUT2D eigenvalue weighted by atomic mass is 19.2. The van der Waals surface area contributed by atoms with Crippen molar-refractivity contribution in [1.29, 1.82) is 0 Å². The smallest absolute Gasteiger partial charge is 0.505 e. The van der Waals surface area contributed by atoms with Gasteiger partial charge in [-0.25, -0.2) is 27.0 Å². The maximum atomic E-state index is 14.4. The van der Waals surface area contributed by atoms with Crippen LogP contribution in [0.5, 0.6) is 11.5 Å². The summed E-state index contributed by atoms with van der Waals surface area (Å²) in [4.78, 5) is 23.6. The summed E-state index contributed by atoms with van der Waals surface area (Å²) in [5.41, 5.74) is -3.32. The fourth-order valence-corrected chi connectivity index (χ4v) is 3.52. The number of azo groups is 1. The largest absolute Gasteiger partial charge is 0.511 e. The molecule has 13 heteroatoms. The van der Waals surface area contributed by atoms with Gasteiger partial charge in [-0.3, -0.25) is 9.89 Å². The lowest BCUT2D eigenvalue weighted by Crippen LogP contribution is -2.19. The minimum atomic E-state index is -1.78. The quantitative estimate of drug-likeness (QED) is 0.0959. The minimum absolute atomic E-state index is 0.00312. The first-order chi connectivity index (χ1) is 17.5. The molecule has 3 N–H and O–H groups in total. The molecule has 4 aromatic rings. The number of carbonyl (C=O) groups is 1. The van der Waals surface area contributed by atoms with Crippen LogP contribution in [-0.2, 0) is 0 Å². The number of aromatic nitrogens is 2. The Kier molecular flexibility index (Phi) is 6.53. The predicted molar refractivity (Wildman–Crippen MR) is 122 cm³/mol. The van der Waals surface area contributed by atoms with Crippen LogP contribution in [0.15, 0.2) is 57.5 Å². The topological polar surface area (TPSA) is 129 Å². The van der Waals surface area contributed by atoms with Crippen molar-refractivity contribution in [2.75, 3.05) is 0 Å². The number of rotatable bonds is 5. The number of hydrogen-bond donors (Lipinski definition) is 3. The highest BCUT2D eigenvalue weighted by molar-refractivity contribution is 5.77. The first-order valence-corrected chi connectivity index (χ1v) is 10.4. The van der Waals surface area contributed by atoms with E-state index >= 15 is 0 Å². The average molecular weight is 516 g/mol. The molecule has 0 amide bonds. The van der Waals surface area contributed by atoms with Gasteiger partial charge < -0.3 is 14.9 Å². The maximum Gasteiger partial charge on any atom is 0.511 e. The number of nitrogens with one attached hydrogen (secondary N) is 1. The van der Waals surface area contributed by atoms with Crippen molar-refractivity contribution in [3.05, 3.63) is 87.3 Å². The molecule has 0 bridgehead atoms. The predicted octanol–water partition coefficient (Wildman–Crippen LogP) is 6.18. The van der Waals surface area contributed by atoms with E-state index in [-0.39, 0.29) is 33.1 Å². The van der Waals surface area contributed by atoms with Crippen molar-refractivity contribution in [3.8, 4) is 28.3 Å². The van der Waals surface area contributed by atoms with E-state index in [1.807, 2.05) is 0 Å². The molecule has 1 aromatic heterocycles. The van der Waals surface area contributed by atoms with Gasteiger partial charge in [-0.2, -0.15) is 0 Å². The number of phenols is 1. The summed E-state index contributed by atoms with van der Waals surface area (Å²) in [5.74, 6) is -7.24. The minimum Gasteiger partial charge on any atom is -0.505 e. The van der Waals surface area contributed by atoms with Crippen LogP contribution >= 0.6 is 0 Å². The molecule has 9 nitrogen and oxygen atoms in total. The molecule has 0 aliphatic carbocycles. The van der Waals surface area contributed by atoms with Gasteiger partial charge in [0, 0.05) is 11.1 Å². The molecular weight excluding hydrogens is 500 g/mol. The molecule has 0 radical (unpaired) electrons. The number of aromatic amines is 1. The van der Waals surface area contributed by atoms with Crippen LogP contribution in [0.25, 0.3) is 16.8 Å². The molecule has 3 aromatic carbocycles. The number of phenolic OH excluding ortho intramolecular Hbond substituents is 1. The summed E-state index contributed by atoms with van der Waals surface area (Å²) in [6.45, 7) is 2.16. The maximum absolute atomic E-state index is 14.4. The Balaban J connectivity index is 1.75. The summed E-state index contributed by atoms with van der Waals surface area (Å²) in [7, 11) is 0. The summed E-state index contributed by atoms with van der Waals surface area (Å²) in [6.07, 6.45) is -1.52. The zero-order valence-corrected chi connectivity index (χ0v) is 19.0. The molecule has 1 heterocycles. The monoisotopic (exact) mass is 516 g/mol. The summed E-state index contributed by atoms with van der Waals surface area (Å²) >= 11 is 0. The average Bonchev–Trinajstić information content (AvgIpc) is 3.13. The van der Waals surface area contributed by atoms with Gasteiger partial charge in [0.15, 0.2) is 34.7 Å². The molecule has 0 spiro atoms. The van der Waals surface area contributed by atoms with Crippen molar-refractivity contribution in [2.45, 2.75) is 13.8 Å². The van der Waals surface area contributed by atoms with Gasteiger partial charge in [0.1, 0.15) is 17.1 Å². The van der Waals surface area contributed by atoms with E-state index < -0.39 is 51.9 Å². The number of aryl methyl sites for hydroxylation is 1. The zero-order valence-electron chi connectivity index (χ0n) is 19.0. The molecule has 37 heavy (non-hydrogen) atoms. The van der Waals surface area contributed by atoms with E-state index in [0.717, 1.165) is 6.92 Å². The number of hydrogen-bond acceptors (Lipinski definition) is 6. The Labute approximate surface area is 204 Å². The molecule has 0 unspecified atom stereocenters. The van der Waals surface area contributed by atoms with Crippen LogP contribution in [0.1, 0.15) is 11.3 Å². The van der Waals surface area contributed by atoms with Crippen LogP contribution in [0.2, 0.25) is 0 Å². The normalized spacial score (nSPS) is 11.3. The molecule has 0 saturated heterocycles. The van der Waals surface area contributed by atoms with Crippen molar-refractivity contribution in [1.82, 2.24) is 9.78 Å². The lowest BCUT2D eigenvalue weighted by Gasteiger charge is -2.09. The second-order valence-electron chi connectivity index (χ2n) is 7.72. The Hall–Kier alpha value is -4.94. The third-order valence-electron chi connectivity index (χ3n) is 5.35. The van der Waals surface area contributed by atoms with Gasteiger partial charge in [0.2, 0.25) is 0 Å². The van der Waals surface area contributed by atoms with Gasteiger partial charge in [0.25, 0.3) is 5.56 Å². The third-order valence-corrected chi connectivity index (χ3v) is 5.35. The van der Waals surface area contributed by atoms with E-state index in [0.29, 0.717) is 5.56 Å². The number of aromatic hydroxyl groups is 1. The van der Waals surface area contributed by atoms with E-state index in [2.05, 4.69) is 20.1 Å². The molecule has 0 aliphatic heterocycles. The van der Waals surface area contributed by atoms with Crippen LogP contribution in [-0.4, -0.2) is 26.1 Å². The highest BCUT2D eigenvalue weighted by Gasteiger charge is 2.27. The number of para-hydroxylation sites is 1. The van der Waals surface area contributed by atoms with Crippen molar-refractivity contribution >= 4 is 17.5 Å². The van der Waals surface area contributed by atoms with Crippen LogP contribution < -0.4 is 10.3 Å². The fraction of sp³-hybridized carbons (Fsp3) is 0.0833. The first-order valence-electron chi connectivity index (χ1n) is 10.4. The van der Waals surface area contributed by atoms with Gasteiger partial charge >= 0.3 is 6.16 Å². The Morgan fingerprint density at radius 2 is 1.62 bits per heavy atom. The van der Waals surface area contributed by atoms with E-state index in [4.69, 9.17) is 5.11 Å². The van der Waals surface area contributed by atoms with E-state index in [1.54, 1.807) is 6.07 Å². The molecule has 4 rings (SSSR count). The van der Waals surface area contributed by atoms with E-state index in [9.17, 15) is 32.3 Å². The van der Waals surface area contributed by atoms with Crippen molar-refractivity contribution < 1.29 is 37.3 Å². The fourth-order valence-electron chi connectivity index (χ4n) is 3.52. The second-order valence-corrected chi connectivity index (χ2v) is 7.72. The van der Waals surface area contributed by atoms with Crippen molar-refractivity contribution in [3.63, 3.8) is 0 Å².